The molecule has 0 saturated carbocycles. The maximum Gasteiger partial charge on any atom is 0.212 e. The molecule has 0 amide bonds. The maximum absolute atomic E-state index is 12.1. The van der Waals surface area contributed by atoms with E-state index in [-0.39, 0.29) is 18.2 Å². The summed E-state index contributed by atoms with van der Waals surface area (Å²) >= 11 is 0. The van der Waals surface area contributed by atoms with E-state index in [1.54, 1.807) is 6.92 Å². The Morgan fingerprint density at radius 2 is 1.86 bits per heavy atom. The molecule has 120 valence electrons. The van der Waals surface area contributed by atoms with Gasteiger partial charge in [-0.2, -0.15) is 0 Å². The molecule has 0 aliphatic rings. The van der Waals surface area contributed by atoms with Crippen LogP contribution in [0.3, 0.4) is 0 Å². The molecule has 6 heteroatoms. The number of sulfonamides is 1. The molecule has 0 radical (unpaired) electrons. The van der Waals surface area contributed by atoms with Crippen LogP contribution >= 0.6 is 0 Å². The normalized spacial score (nSPS) is 16.7. The van der Waals surface area contributed by atoms with Crippen LogP contribution in [0.4, 0.5) is 0 Å². The van der Waals surface area contributed by atoms with E-state index < -0.39 is 15.6 Å². The topological polar surface area (TPSA) is 69.6 Å². The van der Waals surface area contributed by atoms with Crippen LogP contribution in [0.15, 0.2) is 30.3 Å². The van der Waals surface area contributed by atoms with Gasteiger partial charge in [0.15, 0.2) is 0 Å². The summed E-state index contributed by atoms with van der Waals surface area (Å²) in [7, 11) is 0.241. The van der Waals surface area contributed by atoms with Gasteiger partial charge in [0.2, 0.25) is 10.0 Å². The molecule has 2 N–H and O–H groups in total. The summed E-state index contributed by atoms with van der Waals surface area (Å²) in [4.78, 5) is 1.82. The molecule has 0 heterocycles. The Morgan fingerprint density at radius 1 is 1.29 bits per heavy atom. The Bertz CT molecular complexity index is 527. The van der Waals surface area contributed by atoms with Crippen molar-refractivity contribution in [1.82, 2.24) is 9.62 Å². The number of rotatable bonds is 8. The van der Waals surface area contributed by atoms with Gasteiger partial charge in [-0.1, -0.05) is 37.3 Å². The second-order valence-electron chi connectivity index (χ2n) is 6.15. The summed E-state index contributed by atoms with van der Waals surface area (Å²) in [5.74, 6) is -0.0859. The van der Waals surface area contributed by atoms with E-state index in [1.165, 1.54) is 0 Å². The van der Waals surface area contributed by atoms with Crippen LogP contribution in [0.25, 0.3) is 0 Å². The minimum Gasteiger partial charge on any atom is -0.387 e. The number of likely N-dealkylation sites (N-methyl/N-ethyl adjacent to an activating group) is 1. The van der Waals surface area contributed by atoms with Gasteiger partial charge in [-0.3, -0.25) is 0 Å². The lowest BCUT2D eigenvalue weighted by molar-refractivity contribution is 0.0386. The minimum absolute atomic E-state index is 0.00895. The molecule has 0 saturated heterocycles. The monoisotopic (exact) mass is 314 g/mol. The van der Waals surface area contributed by atoms with Crippen LogP contribution in [0.5, 0.6) is 0 Å². The molecule has 1 aromatic rings. The number of nitrogens with zero attached hydrogens (tertiary/aromatic N) is 1. The lowest BCUT2D eigenvalue weighted by Crippen LogP contribution is -2.47. The van der Waals surface area contributed by atoms with Crippen molar-refractivity contribution in [2.24, 2.45) is 0 Å². The Balaban J connectivity index is 2.58. The van der Waals surface area contributed by atoms with Crippen LogP contribution < -0.4 is 4.72 Å². The molecule has 1 rings (SSSR count). The first-order chi connectivity index (χ1) is 9.61. The average Bonchev–Trinajstić information content (AvgIpc) is 2.36. The van der Waals surface area contributed by atoms with Crippen LogP contribution in [-0.4, -0.2) is 57.0 Å². The smallest absolute Gasteiger partial charge is 0.212 e. The van der Waals surface area contributed by atoms with Gasteiger partial charge in [0.25, 0.3) is 0 Å². The third kappa shape index (κ3) is 7.04. The van der Waals surface area contributed by atoms with E-state index in [0.29, 0.717) is 6.54 Å². The number of aliphatic hydroxyl groups is 1. The number of hydrogen-bond acceptors (Lipinski definition) is 4. The van der Waals surface area contributed by atoms with Crippen molar-refractivity contribution < 1.29 is 13.5 Å². The van der Waals surface area contributed by atoms with Crippen molar-refractivity contribution in [3.8, 4) is 0 Å². The zero-order chi connectivity index (χ0) is 16.1. The Labute approximate surface area is 128 Å². The zero-order valence-electron chi connectivity index (χ0n) is 13.2. The molecule has 0 fully saturated rings. The fraction of sp³-hybridized carbons (Fsp3) is 0.600. The summed E-state index contributed by atoms with van der Waals surface area (Å²) < 4.78 is 26.7. The number of benzene rings is 1. The molecule has 0 aromatic heterocycles. The van der Waals surface area contributed by atoms with Crippen molar-refractivity contribution in [1.29, 1.82) is 0 Å². The zero-order valence-corrected chi connectivity index (χ0v) is 14.0. The molecular weight excluding hydrogens is 288 g/mol. The van der Waals surface area contributed by atoms with E-state index in [4.69, 9.17) is 0 Å². The summed E-state index contributed by atoms with van der Waals surface area (Å²) in [5.41, 5.74) is -0.102. The maximum atomic E-state index is 12.1. The molecule has 0 aliphatic heterocycles. The van der Waals surface area contributed by atoms with Gasteiger partial charge >= 0.3 is 0 Å². The van der Waals surface area contributed by atoms with Crippen LogP contribution in [0, 0.1) is 0 Å². The number of nitrogens with one attached hydrogen (secondary N) is 1. The highest BCUT2D eigenvalue weighted by Crippen LogP contribution is 2.16. The molecule has 0 aliphatic carbocycles. The average molecular weight is 314 g/mol. The van der Waals surface area contributed by atoms with Crippen LogP contribution in [-0.2, 0) is 10.0 Å². The van der Waals surface area contributed by atoms with Gasteiger partial charge in [-0.25, -0.2) is 13.1 Å². The van der Waals surface area contributed by atoms with Crippen molar-refractivity contribution in [2.75, 3.05) is 32.9 Å². The fourth-order valence-electron chi connectivity index (χ4n) is 2.27. The second kappa shape index (κ2) is 7.35. The van der Waals surface area contributed by atoms with Gasteiger partial charge < -0.3 is 10.0 Å². The molecule has 0 bridgehead atoms. The highest BCUT2D eigenvalue weighted by Gasteiger charge is 2.25. The van der Waals surface area contributed by atoms with Crippen molar-refractivity contribution in [3.05, 3.63) is 35.9 Å². The van der Waals surface area contributed by atoms with Crippen molar-refractivity contribution in [2.45, 2.75) is 25.4 Å². The predicted molar refractivity (Wildman–Crippen MR) is 85.8 cm³/mol. The Kier molecular flexibility index (Phi) is 6.34. The molecule has 2 atom stereocenters. The molecule has 21 heavy (non-hydrogen) atoms. The molecule has 1 aromatic carbocycles. The highest BCUT2D eigenvalue weighted by atomic mass is 32.2. The lowest BCUT2D eigenvalue weighted by atomic mass is 10.0. The minimum atomic E-state index is -3.43. The van der Waals surface area contributed by atoms with E-state index in [0.717, 1.165) is 5.56 Å². The molecule has 0 spiro atoms. The third-order valence-electron chi connectivity index (χ3n) is 3.17. The SMILES string of the molecule is CC(CS(=O)(=O)NCC(C)(O)CN(C)C)c1ccccc1. The fourth-order valence-corrected chi connectivity index (χ4v) is 3.77. The van der Waals surface area contributed by atoms with Crippen molar-refractivity contribution in [3.63, 3.8) is 0 Å². The molecular formula is C15H26N2O3S. The van der Waals surface area contributed by atoms with E-state index in [2.05, 4.69) is 4.72 Å². The van der Waals surface area contributed by atoms with E-state index in [9.17, 15) is 13.5 Å². The summed E-state index contributed by atoms with van der Waals surface area (Å²) in [6.07, 6.45) is 0. The summed E-state index contributed by atoms with van der Waals surface area (Å²) in [6, 6.07) is 9.54. The van der Waals surface area contributed by atoms with Gasteiger partial charge in [-0.05, 0) is 32.5 Å². The first kappa shape index (κ1) is 18.1. The summed E-state index contributed by atoms with van der Waals surface area (Å²) in [5, 5.41) is 10.1. The van der Waals surface area contributed by atoms with Gasteiger partial charge in [0.05, 0.1) is 11.4 Å². The first-order valence-electron chi connectivity index (χ1n) is 7.01. The largest absolute Gasteiger partial charge is 0.387 e. The van der Waals surface area contributed by atoms with E-state index in [1.807, 2.05) is 56.3 Å². The molecule has 5 nitrogen and oxygen atoms in total. The van der Waals surface area contributed by atoms with Gasteiger partial charge in [0, 0.05) is 13.1 Å². The molecule has 2 unspecified atom stereocenters. The highest BCUT2D eigenvalue weighted by molar-refractivity contribution is 7.89. The van der Waals surface area contributed by atoms with Gasteiger partial charge in [0.1, 0.15) is 0 Å². The van der Waals surface area contributed by atoms with Crippen LogP contribution in [0.1, 0.15) is 25.3 Å². The van der Waals surface area contributed by atoms with Crippen molar-refractivity contribution >= 4 is 10.0 Å². The summed E-state index contributed by atoms with van der Waals surface area (Å²) in [6.45, 7) is 3.90. The number of hydrogen-bond donors (Lipinski definition) is 2. The predicted octanol–water partition coefficient (Wildman–Crippen LogP) is 1.02. The Hall–Kier alpha value is -0.950. The van der Waals surface area contributed by atoms with Crippen LogP contribution in [0.2, 0.25) is 0 Å². The third-order valence-corrected chi connectivity index (χ3v) is 4.69. The first-order valence-corrected chi connectivity index (χ1v) is 8.66. The lowest BCUT2D eigenvalue weighted by Gasteiger charge is -2.27. The van der Waals surface area contributed by atoms with E-state index >= 15 is 0 Å². The second-order valence-corrected chi connectivity index (χ2v) is 8.00. The quantitative estimate of drug-likeness (QED) is 0.752. The standard InChI is InChI=1S/C15H26N2O3S/c1-13(14-8-6-5-7-9-14)10-21(19,20)16-11-15(2,18)12-17(3)4/h5-9,13,16,18H,10-12H2,1-4H3. The van der Waals surface area contributed by atoms with Gasteiger partial charge in [-0.15, -0.1) is 0 Å². The Morgan fingerprint density at radius 3 is 2.38 bits per heavy atom.